The molecule has 0 aromatic carbocycles. The predicted molar refractivity (Wildman–Crippen MR) is 42.3 cm³/mol. The molecule has 4 heteroatoms. The Morgan fingerprint density at radius 1 is 1.80 bits per heavy atom. The van der Waals surface area contributed by atoms with Gasteiger partial charge in [0, 0.05) is 11.7 Å². The summed E-state index contributed by atoms with van der Waals surface area (Å²) in [5.41, 5.74) is 10.5. The van der Waals surface area contributed by atoms with Crippen LogP contribution in [0, 0.1) is 5.92 Å². The van der Waals surface area contributed by atoms with Gasteiger partial charge in [-0.3, -0.25) is 4.79 Å². The highest BCUT2D eigenvalue weighted by molar-refractivity contribution is 8.02. The highest BCUT2D eigenvalue weighted by atomic mass is 32.2. The van der Waals surface area contributed by atoms with Crippen LogP contribution < -0.4 is 11.5 Å². The zero-order chi connectivity index (χ0) is 7.56. The highest BCUT2D eigenvalue weighted by Gasteiger charge is 2.22. The lowest BCUT2D eigenvalue weighted by Crippen LogP contribution is -2.42. The third-order valence-corrected chi connectivity index (χ3v) is 2.43. The monoisotopic (exact) mass is 158 g/mol. The van der Waals surface area contributed by atoms with E-state index in [0.717, 1.165) is 5.75 Å². The third-order valence-electron chi connectivity index (χ3n) is 1.50. The van der Waals surface area contributed by atoms with Gasteiger partial charge in [-0.05, 0) is 5.41 Å². The second-order valence-corrected chi connectivity index (χ2v) is 3.19. The van der Waals surface area contributed by atoms with Crippen molar-refractivity contribution in [3.63, 3.8) is 0 Å². The summed E-state index contributed by atoms with van der Waals surface area (Å²) in [6.45, 7) is 0. The zero-order valence-electron chi connectivity index (χ0n) is 5.49. The van der Waals surface area contributed by atoms with E-state index in [1.807, 2.05) is 11.5 Å². The minimum atomic E-state index is -0.508. The van der Waals surface area contributed by atoms with Crippen molar-refractivity contribution < 1.29 is 4.79 Å². The number of hydrogen-bond donors (Lipinski definition) is 2. The number of carbonyl (C=O) groups is 1. The Kier molecular flexibility index (Phi) is 2.34. The molecular weight excluding hydrogens is 148 g/mol. The SMILES string of the molecule is NC(=O)[C@@H](N)C1C=CSC1. The van der Waals surface area contributed by atoms with E-state index in [1.54, 1.807) is 11.8 Å². The molecule has 0 saturated heterocycles. The minimum absolute atomic E-state index is 0.141. The summed E-state index contributed by atoms with van der Waals surface area (Å²) in [7, 11) is 0. The maximum atomic E-state index is 10.5. The Morgan fingerprint density at radius 2 is 2.50 bits per heavy atom. The molecule has 0 aliphatic carbocycles. The summed E-state index contributed by atoms with van der Waals surface area (Å²) in [5.74, 6) is 0.601. The summed E-state index contributed by atoms with van der Waals surface area (Å²) < 4.78 is 0. The van der Waals surface area contributed by atoms with Gasteiger partial charge in [-0.1, -0.05) is 6.08 Å². The van der Waals surface area contributed by atoms with Crippen LogP contribution in [0.5, 0.6) is 0 Å². The number of amides is 1. The van der Waals surface area contributed by atoms with Crippen LogP contribution in [0.25, 0.3) is 0 Å². The third kappa shape index (κ3) is 1.52. The van der Waals surface area contributed by atoms with Gasteiger partial charge in [-0.2, -0.15) is 0 Å². The van der Waals surface area contributed by atoms with Gasteiger partial charge < -0.3 is 11.5 Å². The average molecular weight is 158 g/mol. The molecule has 3 nitrogen and oxygen atoms in total. The molecule has 1 heterocycles. The van der Waals surface area contributed by atoms with Gasteiger partial charge in [0.15, 0.2) is 0 Å². The first-order valence-electron chi connectivity index (χ1n) is 3.05. The average Bonchev–Trinajstić information content (AvgIpc) is 2.36. The lowest BCUT2D eigenvalue weighted by molar-refractivity contribution is -0.119. The fraction of sp³-hybridized carbons (Fsp3) is 0.500. The molecule has 10 heavy (non-hydrogen) atoms. The van der Waals surface area contributed by atoms with Crippen molar-refractivity contribution in [2.45, 2.75) is 6.04 Å². The molecule has 56 valence electrons. The van der Waals surface area contributed by atoms with Gasteiger partial charge in [0.25, 0.3) is 0 Å². The Labute approximate surface area is 63.8 Å². The molecule has 0 fully saturated rings. The van der Waals surface area contributed by atoms with Crippen LogP contribution in [0.2, 0.25) is 0 Å². The highest BCUT2D eigenvalue weighted by Crippen LogP contribution is 2.21. The number of primary amides is 1. The Bertz CT molecular complexity index is 169. The van der Waals surface area contributed by atoms with Crippen LogP contribution in [0.1, 0.15) is 0 Å². The molecular formula is C6H10N2OS. The van der Waals surface area contributed by atoms with Crippen LogP contribution >= 0.6 is 11.8 Å². The molecule has 0 aromatic rings. The van der Waals surface area contributed by atoms with E-state index in [-0.39, 0.29) is 5.92 Å². The molecule has 0 spiro atoms. The van der Waals surface area contributed by atoms with Crippen LogP contribution in [-0.2, 0) is 4.79 Å². The van der Waals surface area contributed by atoms with E-state index in [0.29, 0.717) is 0 Å². The Balaban J connectivity index is 2.48. The topological polar surface area (TPSA) is 69.1 Å². The van der Waals surface area contributed by atoms with Gasteiger partial charge in [0.2, 0.25) is 5.91 Å². The number of hydrogen-bond acceptors (Lipinski definition) is 3. The van der Waals surface area contributed by atoms with Crippen LogP contribution in [-0.4, -0.2) is 17.7 Å². The van der Waals surface area contributed by atoms with Crippen molar-refractivity contribution >= 4 is 17.7 Å². The van der Waals surface area contributed by atoms with E-state index in [4.69, 9.17) is 11.5 Å². The minimum Gasteiger partial charge on any atom is -0.368 e. The molecule has 0 bridgehead atoms. The standard InChI is InChI=1S/C6H10N2OS/c7-5(6(8)9)4-1-2-10-3-4/h1-2,4-5H,3,7H2,(H2,8,9)/t4?,5-/m0/s1. The van der Waals surface area contributed by atoms with Gasteiger partial charge >= 0.3 is 0 Å². The van der Waals surface area contributed by atoms with E-state index < -0.39 is 11.9 Å². The van der Waals surface area contributed by atoms with Crippen molar-refractivity contribution in [2.24, 2.45) is 17.4 Å². The molecule has 1 aliphatic heterocycles. The van der Waals surface area contributed by atoms with Crippen molar-refractivity contribution in [2.75, 3.05) is 5.75 Å². The van der Waals surface area contributed by atoms with Gasteiger partial charge in [0.1, 0.15) is 0 Å². The molecule has 0 saturated carbocycles. The quantitative estimate of drug-likeness (QED) is 0.578. The molecule has 4 N–H and O–H groups in total. The summed E-state index contributed by atoms with van der Waals surface area (Å²) >= 11 is 1.66. The van der Waals surface area contributed by atoms with Crippen molar-refractivity contribution in [1.29, 1.82) is 0 Å². The van der Waals surface area contributed by atoms with Gasteiger partial charge in [-0.25, -0.2) is 0 Å². The smallest absolute Gasteiger partial charge is 0.234 e. The number of thioether (sulfide) groups is 1. The summed E-state index contributed by atoms with van der Waals surface area (Å²) in [5, 5.41) is 1.95. The van der Waals surface area contributed by atoms with E-state index >= 15 is 0 Å². The Hall–Kier alpha value is -0.480. The summed E-state index contributed by atoms with van der Waals surface area (Å²) in [6, 6.07) is -0.508. The number of carbonyl (C=O) groups excluding carboxylic acids is 1. The molecule has 1 aliphatic rings. The second kappa shape index (κ2) is 3.07. The van der Waals surface area contributed by atoms with Crippen LogP contribution in [0.3, 0.4) is 0 Å². The van der Waals surface area contributed by atoms with E-state index in [1.165, 1.54) is 0 Å². The number of nitrogens with two attached hydrogens (primary N) is 2. The zero-order valence-corrected chi connectivity index (χ0v) is 6.30. The maximum absolute atomic E-state index is 10.5. The predicted octanol–water partition coefficient (Wildman–Crippen LogP) is -0.324. The molecule has 1 amide bonds. The molecule has 0 radical (unpaired) electrons. The van der Waals surface area contributed by atoms with E-state index in [9.17, 15) is 4.79 Å². The molecule has 0 aromatic heterocycles. The molecule has 2 atom stereocenters. The van der Waals surface area contributed by atoms with E-state index in [2.05, 4.69) is 0 Å². The lowest BCUT2D eigenvalue weighted by Gasteiger charge is -2.11. The second-order valence-electron chi connectivity index (χ2n) is 2.25. The largest absolute Gasteiger partial charge is 0.368 e. The van der Waals surface area contributed by atoms with Crippen molar-refractivity contribution in [3.05, 3.63) is 11.5 Å². The van der Waals surface area contributed by atoms with Crippen LogP contribution in [0.4, 0.5) is 0 Å². The van der Waals surface area contributed by atoms with Crippen LogP contribution in [0.15, 0.2) is 11.5 Å². The summed E-state index contributed by atoms with van der Waals surface area (Å²) in [6.07, 6.45) is 1.93. The van der Waals surface area contributed by atoms with Crippen molar-refractivity contribution in [1.82, 2.24) is 0 Å². The molecule has 1 unspecified atom stereocenters. The Morgan fingerprint density at radius 3 is 2.90 bits per heavy atom. The van der Waals surface area contributed by atoms with Gasteiger partial charge in [0.05, 0.1) is 6.04 Å². The number of rotatable bonds is 2. The lowest BCUT2D eigenvalue weighted by atomic mass is 10.0. The first-order valence-corrected chi connectivity index (χ1v) is 4.10. The first-order chi connectivity index (χ1) is 4.72. The normalized spacial score (nSPS) is 26.7. The summed E-state index contributed by atoms with van der Waals surface area (Å²) in [4.78, 5) is 10.5. The maximum Gasteiger partial charge on any atom is 0.234 e. The fourth-order valence-corrected chi connectivity index (χ4v) is 1.78. The molecule has 1 rings (SSSR count). The fourth-order valence-electron chi connectivity index (χ4n) is 0.813. The van der Waals surface area contributed by atoms with Crippen molar-refractivity contribution in [3.8, 4) is 0 Å². The first kappa shape index (κ1) is 7.63. The van der Waals surface area contributed by atoms with Gasteiger partial charge in [-0.15, -0.1) is 11.8 Å².